The highest BCUT2D eigenvalue weighted by Crippen LogP contribution is 2.29. The summed E-state index contributed by atoms with van der Waals surface area (Å²) in [5.74, 6) is 1.86. The molecule has 6 nitrogen and oxygen atoms in total. The lowest BCUT2D eigenvalue weighted by molar-refractivity contribution is -0.120. The molecule has 150 valence electrons. The van der Waals surface area contributed by atoms with Gasteiger partial charge in [-0.05, 0) is 94.4 Å². The van der Waals surface area contributed by atoms with Crippen molar-refractivity contribution in [1.29, 1.82) is 0 Å². The number of carbonyl (C=O) groups is 1. The molecule has 2 aromatic carbocycles. The summed E-state index contributed by atoms with van der Waals surface area (Å²) in [5.41, 5.74) is 4.25. The average molecular weight is 608 g/mol. The second-order valence-electron chi connectivity index (χ2n) is 6.14. The molecule has 0 unspecified atom stereocenters. The molecule has 0 fully saturated rings. The van der Waals surface area contributed by atoms with Crippen molar-refractivity contribution in [2.75, 3.05) is 14.2 Å². The van der Waals surface area contributed by atoms with Gasteiger partial charge in [-0.2, -0.15) is 5.10 Å². The molecule has 0 spiro atoms. The van der Waals surface area contributed by atoms with Gasteiger partial charge in [0.2, 0.25) is 5.91 Å². The van der Waals surface area contributed by atoms with Crippen molar-refractivity contribution >= 4 is 57.3 Å². The number of hydrogen-bond donors (Lipinski definition) is 1. The number of hydrazone groups is 1. The number of nitrogens with one attached hydrogen (secondary N) is 1. The van der Waals surface area contributed by atoms with Crippen LogP contribution in [-0.4, -0.2) is 32.4 Å². The Balaban J connectivity index is 2.00. The fourth-order valence-corrected chi connectivity index (χ4v) is 4.47. The first-order valence-electron chi connectivity index (χ1n) is 8.52. The van der Waals surface area contributed by atoms with Crippen molar-refractivity contribution in [2.24, 2.45) is 5.10 Å². The number of hydrogen-bond acceptors (Lipinski definition) is 5. The van der Waals surface area contributed by atoms with Gasteiger partial charge in [0.15, 0.2) is 11.5 Å². The first-order chi connectivity index (χ1) is 13.3. The van der Waals surface area contributed by atoms with Crippen molar-refractivity contribution in [1.82, 2.24) is 5.43 Å². The number of methoxy groups -OCH3 is 2. The van der Waals surface area contributed by atoms with E-state index in [1.165, 1.54) is 0 Å². The van der Waals surface area contributed by atoms with Crippen molar-refractivity contribution in [3.05, 3.63) is 48.6 Å². The number of carbonyl (C=O) groups excluding carboxylic acids is 1. The second kappa shape index (κ2) is 10.8. The molecule has 8 heteroatoms. The highest BCUT2D eigenvalue weighted by molar-refractivity contribution is 14.1. The number of nitrogens with zero attached hydrogens (tertiary/aromatic N) is 1. The molecular weight excluding hydrogens is 586 g/mol. The van der Waals surface area contributed by atoms with E-state index in [1.807, 2.05) is 32.0 Å². The van der Waals surface area contributed by atoms with Gasteiger partial charge in [0, 0.05) is 0 Å². The van der Waals surface area contributed by atoms with Crippen LogP contribution in [0.4, 0.5) is 0 Å². The largest absolute Gasteiger partial charge is 0.493 e. The first kappa shape index (κ1) is 22.7. The van der Waals surface area contributed by atoms with Crippen LogP contribution in [0.25, 0.3) is 0 Å². The minimum atomic E-state index is -0.215. The molecule has 1 N–H and O–H groups in total. The predicted octanol–water partition coefficient (Wildman–Crippen LogP) is 4.39. The fourth-order valence-electron chi connectivity index (χ4n) is 2.40. The molecule has 0 saturated carbocycles. The Morgan fingerprint density at radius 2 is 1.75 bits per heavy atom. The van der Waals surface area contributed by atoms with Crippen molar-refractivity contribution in [3.8, 4) is 17.2 Å². The Morgan fingerprint density at radius 1 is 1.11 bits per heavy atom. The second-order valence-corrected chi connectivity index (χ2v) is 8.46. The van der Waals surface area contributed by atoms with Gasteiger partial charge in [-0.3, -0.25) is 4.79 Å². The maximum absolute atomic E-state index is 12.1. The molecule has 0 radical (unpaired) electrons. The third-order valence-electron chi connectivity index (χ3n) is 3.59. The molecular formula is C20H22I2N2O4. The van der Waals surface area contributed by atoms with Gasteiger partial charge in [-0.15, -0.1) is 0 Å². The highest BCUT2D eigenvalue weighted by atomic mass is 127. The third-order valence-corrected chi connectivity index (χ3v) is 5.19. The van der Waals surface area contributed by atoms with Gasteiger partial charge >= 0.3 is 0 Å². The van der Waals surface area contributed by atoms with Gasteiger partial charge < -0.3 is 14.2 Å². The van der Waals surface area contributed by atoms with Gasteiger partial charge in [0.25, 0.3) is 0 Å². The minimum absolute atomic E-state index is 0.109. The van der Waals surface area contributed by atoms with Crippen LogP contribution < -0.4 is 19.6 Å². The molecule has 1 amide bonds. The number of halogens is 2. The third kappa shape index (κ3) is 6.50. The number of ether oxygens (including phenoxy) is 3. The Kier molecular flexibility index (Phi) is 8.80. The Labute approximate surface area is 192 Å². The molecule has 0 heterocycles. The molecule has 0 saturated heterocycles. The van der Waals surface area contributed by atoms with E-state index in [9.17, 15) is 4.79 Å². The van der Waals surface area contributed by atoms with Crippen LogP contribution in [0.3, 0.4) is 0 Å². The van der Waals surface area contributed by atoms with E-state index in [0.29, 0.717) is 11.5 Å². The topological polar surface area (TPSA) is 69.2 Å². The van der Waals surface area contributed by atoms with Gasteiger partial charge in [-0.1, -0.05) is 6.07 Å². The summed E-state index contributed by atoms with van der Waals surface area (Å²) in [6, 6.07) is 9.30. The predicted molar refractivity (Wildman–Crippen MR) is 127 cm³/mol. The minimum Gasteiger partial charge on any atom is -0.493 e. The van der Waals surface area contributed by atoms with Crippen LogP contribution in [0.15, 0.2) is 35.4 Å². The monoisotopic (exact) mass is 608 g/mol. The lowest BCUT2D eigenvalue weighted by Gasteiger charge is -2.14. The number of amides is 1. The van der Waals surface area contributed by atoms with Gasteiger partial charge in [0.05, 0.1) is 40.1 Å². The van der Waals surface area contributed by atoms with Crippen molar-refractivity contribution in [3.63, 3.8) is 0 Å². The number of benzene rings is 2. The average Bonchev–Trinajstić information content (AvgIpc) is 2.64. The Hall–Kier alpha value is -1.56. The summed E-state index contributed by atoms with van der Waals surface area (Å²) in [6.45, 7) is 3.99. The van der Waals surface area contributed by atoms with E-state index >= 15 is 0 Å². The van der Waals surface area contributed by atoms with Crippen LogP contribution in [-0.2, 0) is 11.2 Å². The van der Waals surface area contributed by atoms with Crippen LogP contribution in [0.2, 0.25) is 0 Å². The Bertz CT molecular complexity index is 846. The molecule has 0 atom stereocenters. The van der Waals surface area contributed by atoms with Crippen LogP contribution in [0.5, 0.6) is 17.2 Å². The maximum atomic E-state index is 12.1. The summed E-state index contributed by atoms with van der Waals surface area (Å²) in [7, 11) is 3.13. The molecule has 0 aliphatic carbocycles. The molecule has 0 bridgehead atoms. The molecule has 2 rings (SSSR count). The summed E-state index contributed by atoms with van der Waals surface area (Å²) in [5, 5.41) is 4.06. The fraction of sp³-hybridized carbons (Fsp3) is 0.300. The van der Waals surface area contributed by atoms with Gasteiger partial charge in [0.1, 0.15) is 5.75 Å². The summed E-state index contributed by atoms with van der Waals surface area (Å²) < 4.78 is 18.3. The maximum Gasteiger partial charge on any atom is 0.244 e. The normalized spacial score (nSPS) is 11.0. The van der Waals surface area contributed by atoms with Crippen molar-refractivity contribution < 1.29 is 19.0 Å². The van der Waals surface area contributed by atoms with Crippen LogP contribution >= 0.6 is 45.2 Å². The van der Waals surface area contributed by atoms with E-state index < -0.39 is 0 Å². The molecule has 0 aliphatic heterocycles. The molecule has 0 aromatic heterocycles. The van der Waals surface area contributed by atoms with E-state index in [1.54, 1.807) is 32.6 Å². The van der Waals surface area contributed by atoms with E-state index in [4.69, 9.17) is 14.2 Å². The lowest BCUT2D eigenvalue weighted by atomic mass is 10.1. The van der Waals surface area contributed by atoms with Crippen LogP contribution in [0.1, 0.15) is 25.0 Å². The van der Waals surface area contributed by atoms with Crippen molar-refractivity contribution in [2.45, 2.75) is 26.4 Å². The van der Waals surface area contributed by atoms with E-state index in [-0.39, 0.29) is 18.4 Å². The summed E-state index contributed by atoms with van der Waals surface area (Å²) >= 11 is 4.47. The smallest absolute Gasteiger partial charge is 0.244 e. The van der Waals surface area contributed by atoms with Gasteiger partial charge in [-0.25, -0.2) is 5.43 Å². The molecule has 2 aromatic rings. The molecule has 0 aliphatic rings. The highest BCUT2D eigenvalue weighted by Gasteiger charge is 2.10. The first-order valence-corrected chi connectivity index (χ1v) is 10.7. The summed E-state index contributed by atoms with van der Waals surface area (Å²) in [6.07, 6.45) is 1.92. The molecule has 28 heavy (non-hydrogen) atoms. The van der Waals surface area contributed by atoms with Crippen LogP contribution in [0, 0.1) is 7.14 Å². The zero-order valence-electron chi connectivity index (χ0n) is 16.1. The SMILES string of the molecule is COc1ccc(CC(=O)N/N=C/c2cc(I)c(OC(C)C)c(I)c2)cc1OC. The zero-order chi connectivity index (χ0) is 20.7. The quantitative estimate of drug-likeness (QED) is 0.275. The Morgan fingerprint density at radius 3 is 2.32 bits per heavy atom. The standard InChI is InChI=1S/C20H22I2N2O4/c1-12(2)28-20-15(21)7-14(8-16(20)22)11-23-24-19(25)10-13-5-6-17(26-3)18(9-13)27-4/h5-9,11-12H,10H2,1-4H3,(H,24,25)/b23-11+. The van der Waals surface area contributed by atoms with E-state index in [0.717, 1.165) is 24.0 Å². The van der Waals surface area contributed by atoms with E-state index in [2.05, 4.69) is 55.7 Å². The summed E-state index contributed by atoms with van der Waals surface area (Å²) in [4.78, 5) is 12.1. The zero-order valence-corrected chi connectivity index (χ0v) is 20.4. The lowest BCUT2D eigenvalue weighted by Crippen LogP contribution is -2.19. The number of rotatable bonds is 8.